The fraction of sp³-hybridized carbons (Fsp3) is 0.0625. The van der Waals surface area contributed by atoms with Gasteiger partial charge in [0.2, 0.25) is 5.82 Å². The summed E-state index contributed by atoms with van der Waals surface area (Å²) >= 11 is 0. The molecule has 2 aliphatic rings. The van der Waals surface area contributed by atoms with Crippen molar-refractivity contribution in [1.29, 1.82) is 5.26 Å². The Morgan fingerprint density at radius 2 is 2.05 bits per heavy atom. The Morgan fingerprint density at radius 3 is 2.91 bits per heavy atom. The summed E-state index contributed by atoms with van der Waals surface area (Å²) in [5.41, 5.74) is 3.28. The van der Waals surface area contributed by atoms with E-state index < -0.39 is 0 Å². The number of aromatic nitrogens is 2. The molecule has 0 spiro atoms. The molecule has 6 heteroatoms. The SMILES string of the molecule is N#Cc1cccc(-c2nc(C3=C4C=CNC4NC=C3)no2)c1. The third-order valence-electron chi connectivity index (χ3n) is 3.57. The van der Waals surface area contributed by atoms with Crippen molar-refractivity contribution in [3.8, 4) is 17.5 Å². The predicted molar refractivity (Wildman–Crippen MR) is 79.7 cm³/mol. The van der Waals surface area contributed by atoms with Crippen molar-refractivity contribution in [3.05, 3.63) is 65.8 Å². The van der Waals surface area contributed by atoms with Gasteiger partial charge >= 0.3 is 0 Å². The minimum Gasteiger partial charge on any atom is -0.368 e. The van der Waals surface area contributed by atoms with Crippen molar-refractivity contribution in [2.45, 2.75) is 6.17 Å². The summed E-state index contributed by atoms with van der Waals surface area (Å²) in [5.74, 6) is 0.932. The molecule has 0 amide bonds. The van der Waals surface area contributed by atoms with Crippen LogP contribution in [0.2, 0.25) is 0 Å². The number of rotatable bonds is 2. The van der Waals surface area contributed by atoms with Gasteiger partial charge in [-0.3, -0.25) is 0 Å². The van der Waals surface area contributed by atoms with Gasteiger partial charge in [-0.15, -0.1) is 0 Å². The van der Waals surface area contributed by atoms with Gasteiger partial charge < -0.3 is 15.2 Å². The highest BCUT2D eigenvalue weighted by Crippen LogP contribution is 2.27. The summed E-state index contributed by atoms with van der Waals surface area (Å²) in [6.45, 7) is 0. The van der Waals surface area contributed by atoms with E-state index in [-0.39, 0.29) is 6.17 Å². The lowest BCUT2D eigenvalue weighted by atomic mass is 10.0. The van der Waals surface area contributed by atoms with Crippen LogP contribution in [-0.2, 0) is 0 Å². The third kappa shape index (κ3) is 1.96. The molecule has 1 aromatic heterocycles. The molecule has 0 bridgehead atoms. The Kier molecular flexibility index (Phi) is 2.76. The van der Waals surface area contributed by atoms with E-state index >= 15 is 0 Å². The van der Waals surface area contributed by atoms with Crippen molar-refractivity contribution in [2.75, 3.05) is 0 Å². The maximum absolute atomic E-state index is 8.97. The molecule has 2 N–H and O–H groups in total. The molecule has 3 heterocycles. The molecular formula is C16H11N5O. The summed E-state index contributed by atoms with van der Waals surface area (Å²) in [5, 5.41) is 19.4. The van der Waals surface area contributed by atoms with Crippen LogP contribution in [0.5, 0.6) is 0 Å². The zero-order chi connectivity index (χ0) is 14.9. The van der Waals surface area contributed by atoms with Crippen LogP contribution in [0.15, 0.2) is 58.9 Å². The average molecular weight is 289 g/mol. The number of hydrogen-bond donors (Lipinski definition) is 2. The fourth-order valence-corrected chi connectivity index (χ4v) is 2.50. The lowest BCUT2D eigenvalue weighted by Crippen LogP contribution is -2.36. The highest BCUT2D eigenvalue weighted by atomic mass is 16.5. The topological polar surface area (TPSA) is 86.8 Å². The Hall–Kier alpha value is -3.33. The van der Waals surface area contributed by atoms with Crippen LogP contribution >= 0.6 is 0 Å². The maximum Gasteiger partial charge on any atom is 0.258 e. The number of hydrogen-bond acceptors (Lipinski definition) is 6. The van der Waals surface area contributed by atoms with Crippen LogP contribution in [0.1, 0.15) is 11.4 Å². The normalized spacial score (nSPS) is 18.6. The van der Waals surface area contributed by atoms with E-state index in [1.54, 1.807) is 18.2 Å². The van der Waals surface area contributed by atoms with Crippen molar-refractivity contribution in [1.82, 2.24) is 20.8 Å². The zero-order valence-corrected chi connectivity index (χ0v) is 11.4. The number of dihydropyridines is 1. The first-order valence-electron chi connectivity index (χ1n) is 6.79. The number of nitriles is 1. The first-order chi connectivity index (χ1) is 10.8. The minimum absolute atomic E-state index is 0.0452. The van der Waals surface area contributed by atoms with E-state index in [9.17, 15) is 0 Å². The number of allylic oxidation sites excluding steroid dienone is 2. The van der Waals surface area contributed by atoms with Gasteiger partial charge in [-0.2, -0.15) is 10.2 Å². The van der Waals surface area contributed by atoms with E-state index in [0.717, 1.165) is 16.7 Å². The molecule has 1 unspecified atom stereocenters. The fourth-order valence-electron chi connectivity index (χ4n) is 2.50. The van der Waals surface area contributed by atoms with Crippen LogP contribution < -0.4 is 10.6 Å². The summed E-state index contributed by atoms with van der Waals surface area (Å²) < 4.78 is 5.35. The van der Waals surface area contributed by atoms with Gasteiger partial charge in [-0.25, -0.2) is 0 Å². The van der Waals surface area contributed by atoms with Gasteiger partial charge in [0, 0.05) is 16.7 Å². The summed E-state index contributed by atoms with van der Waals surface area (Å²) in [4.78, 5) is 4.45. The molecule has 0 saturated carbocycles. The standard InChI is InChI=1S/C16H11N5O/c17-9-10-2-1-3-11(8-10)16-20-15(21-22-16)13-5-7-19-14-12(13)4-6-18-14/h1-8,14,18-19H. The number of nitrogens with one attached hydrogen (secondary N) is 2. The molecule has 6 nitrogen and oxygen atoms in total. The van der Waals surface area contributed by atoms with Gasteiger partial charge in [-0.05, 0) is 42.8 Å². The molecule has 0 fully saturated rings. The Balaban J connectivity index is 1.74. The van der Waals surface area contributed by atoms with E-state index in [2.05, 4.69) is 26.8 Å². The zero-order valence-electron chi connectivity index (χ0n) is 11.4. The summed E-state index contributed by atoms with van der Waals surface area (Å²) in [7, 11) is 0. The average Bonchev–Trinajstić information content (AvgIpc) is 3.23. The Bertz CT molecular complexity index is 869. The number of benzene rings is 1. The summed E-state index contributed by atoms with van der Waals surface area (Å²) in [6.07, 6.45) is 7.70. The Morgan fingerprint density at radius 1 is 1.18 bits per heavy atom. The van der Waals surface area contributed by atoms with Gasteiger partial charge in [0.1, 0.15) is 6.17 Å². The van der Waals surface area contributed by atoms with Gasteiger partial charge in [-0.1, -0.05) is 11.2 Å². The van der Waals surface area contributed by atoms with Crippen LogP contribution in [-0.4, -0.2) is 16.3 Å². The molecule has 0 radical (unpaired) electrons. The lowest BCUT2D eigenvalue weighted by molar-refractivity contribution is 0.428. The lowest BCUT2D eigenvalue weighted by Gasteiger charge is -2.19. The van der Waals surface area contributed by atoms with Crippen molar-refractivity contribution < 1.29 is 4.52 Å². The smallest absolute Gasteiger partial charge is 0.258 e. The Labute approximate surface area is 126 Å². The third-order valence-corrected chi connectivity index (χ3v) is 3.57. The van der Waals surface area contributed by atoms with Crippen LogP contribution in [0, 0.1) is 11.3 Å². The molecule has 1 aromatic carbocycles. The first-order valence-corrected chi connectivity index (χ1v) is 6.79. The predicted octanol–water partition coefficient (Wildman–Crippen LogP) is 1.92. The largest absolute Gasteiger partial charge is 0.368 e. The first kappa shape index (κ1) is 12.4. The van der Waals surface area contributed by atoms with E-state index in [1.165, 1.54) is 0 Å². The van der Waals surface area contributed by atoms with E-state index in [0.29, 0.717) is 17.3 Å². The van der Waals surface area contributed by atoms with E-state index in [4.69, 9.17) is 9.78 Å². The van der Waals surface area contributed by atoms with Gasteiger partial charge in [0.05, 0.1) is 11.6 Å². The van der Waals surface area contributed by atoms with Gasteiger partial charge in [0.15, 0.2) is 0 Å². The molecule has 1 atom stereocenters. The number of nitrogens with zero attached hydrogens (tertiary/aromatic N) is 3. The second kappa shape index (κ2) is 4.90. The monoisotopic (exact) mass is 289 g/mol. The molecule has 0 aliphatic carbocycles. The number of fused-ring (bicyclic) bond motifs is 1. The molecular weight excluding hydrogens is 278 g/mol. The molecule has 4 rings (SSSR count). The van der Waals surface area contributed by atoms with Crippen molar-refractivity contribution in [3.63, 3.8) is 0 Å². The van der Waals surface area contributed by atoms with Crippen molar-refractivity contribution >= 4 is 5.57 Å². The molecule has 2 aliphatic heterocycles. The van der Waals surface area contributed by atoms with Crippen LogP contribution in [0.25, 0.3) is 17.0 Å². The molecule has 0 saturated heterocycles. The van der Waals surface area contributed by atoms with Crippen LogP contribution in [0.4, 0.5) is 0 Å². The van der Waals surface area contributed by atoms with Crippen LogP contribution in [0.3, 0.4) is 0 Å². The van der Waals surface area contributed by atoms with Crippen molar-refractivity contribution in [2.24, 2.45) is 0 Å². The molecule has 2 aromatic rings. The maximum atomic E-state index is 8.97. The van der Waals surface area contributed by atoms with E-state index in [1.807, 2.05) is 30.6 Å². The summed E-state index contributed by atoms with van der Waals surface area (Å²) in [6, 6.07) is 9.20. The second-order valence-electron chi connectivity index (χ2n) is 4.92. The highest BCUT2D eigenvalue weighted by Gasteiger charge is 2.24. The van der Waals surface area contributed by atoms with Gasteiger partial charge in [0.25, 0.3) is 5.89 Å². The second-order valence-corrected chi connectivity index (χ2v) is 4.92. The molecule has 106 valence electrons. The molecule has 22 heavy (non-hydrogen) atoms. The quantitative estimate of drug-likeness (QED) is 0.878. The minimum atomic E-state index is 0.0452. The highest BCUT2D eigenvalue weighted by molar-refractivity contribution is 5.78.